The van der Waals surface area contributed by atoms with E-state index in [1.807, 2.05) is 25.4 Å². The van der Waals surface area contributed by atoms with Gasteiger partial charge in [0.2, 0.25) is 3.79 Å². The molecular weight excluding hydrogens is 319 g/mol. The number of rotatable bonds is 3. The molecule has 1 aromatic carbocycles. The molecule has 1 atom stereocenters. The molecular formula is C14H13Cl3N2O. The molecule has 1 aromatic heterocycles. The molecule has 1 amide bonds. The van der Waals surface area contributed by atoms with Gasteiger partial charge >= 0.3 is 0 Å². The number of carbonyl (C=O) groups excluding carboxylic acids is 1. The molecule has 0 radical (unpaired) electrons. The first-order chi connectivity index (χ1) is 9.39. The summed E-state index contributed by atoms with van der Waals surface area (Å²) in [5.74, 6) is -0.289. The third-order valence-electron chi connectivity index (χ3n) is 2.92. The summed E-state index contributed by atoms with van der Waals surface area (Å²) >= 11 is 18.0. The maximum atomic E-state index is 12.2. The number of halogens is 3. The van der Waals surface area contributed by atoms with Gasteiger partial charge in [-0.1, -0.05) is 53.0 Å². The summed E-state index contributed by atoms with van der Waals surface area (Å²) in [7, 11) is 1.83. The highest BCUT2D eigenvalue weighted by molar-refractivity contribution is 6.68. The fourth-order valence-electron chi connectivity index (χ4n) is 1.90. The van der Waals surface area contributed by atoms with Gasteiger partial charge in [0.15, 0.2) is 0 Å². The Kier molecular flexibility index (Phi) is 4.63. The van der Waals surface area contributed by atoms with Gasteiger partial charge in [0.05, 0.1) is 0 Å². The van der Waals surface area contributed by atoms with Crippen LogP contribution in [0.4, 0.5) is 0 Å². The van der Waals surface area contributed by atoms with Gasteiger partial charge in [0.25, 0.3) is 5.91 Å². The van der Waals surface area contributed by atoms with E-state index in [1.165, 1.54) is 0 Å². The molecule has 6 heteroatoms. The third kappa shape index (κ3) is 3.48. The van der Waals surface area contributed by atoms with Crippen LogP contribution in [-0.2, 0) is 7.05 Å². The fraction of sp³-hybridized carbons (Fsp3) is 0.214. The van der Waals surface area contributed by atoms with Crippen LogP contribution in [0, 0.1) is 0 Å². The number of nitrogens with zero attached hydrogens (tertiary/aromatic N) is 1. The molecule has 0 aliphatic rings. The van der Waals surface area contributed by atoms with E-state index in [1.54, 1.807) is 34.9 Å². The molecule has 3 nitrogen and oxygen atoms in total. The molecule has 0 spiro atoms. The van der Waals surface area contributed by atoms with Gasteiger partial charge in [-0.15, -0.1) is 0 Å². The Labute approximate surface area is 132 Å². The van der Waals surface area contributed by atoms with Crippen molar-refractivity contribution in [2.24, 2.45) is 7.05 Å². The summed E-state index contributed by atoms with van der Waals surface area (Å²) in [6, 6.07) is 11.7. The molecule has 2 rings (SSSR count). The van der Waals surface area contributed by atoms with Crippen LogP contribution >= 0.6 is 34.8 Å². The lowest BCUT2D eigenvalue weighted by Crippen LogP contribution is -2.37. The highest BCUT2D eigenvalue weighted by Crippen LogP contribution is 2.39. The Morgan fingerprint density at radius 2 is 1.80 bits per heavy atom. The second-order valence-electron chi connectivity index (χ2n) is 4.36. The van der Waals surface area contributed by atoms with Crippen molar-refractivity contribution in [2.75, 3.05) is 0 Å². The van der Waals surface area contributed by atoms with Gasteiger partial charge in [-0.05, 0) is 24.3 Å². The summed E-state index contributed by atoms with van der Waals surface area (Å²) in [6.45, 7) is 0. The number of carbonyl (C=O) groups is 1. The van der Waals surface area contributed by atoms with Gasteiger partial charge in [-0.3, -0.25) is 4.79 Å². The van der Waals surface area contributed by atoms with E-state index in [0.717, 1.165) is 0 Å². The van der Waals surface area contributed by atoms with E-state index >= 15 is 0 Å². The number of nitrogens with one attached hydrogen (secondary N) is 1. The molecule has 0 saturated carbocycles. The zero-order chi connectivity index (χ0) is 14.8. The van der Waals surface area contributed by atoms with Gasteiger partial charge in [-0.25, -0.2) is 0 Å². The molecule has 106 valence electrons. The average Bonchev–Trinajstić information content (AvgIpc) is 2.81. The smallest absolute Gasteiger partial charge is 0.251 e. The van der Waals surface area contributed by atoms with Crippen LogP contribution in [0.2, 0.25) is 0 Å². The molecule has 20 heavy (non-hydrogen) atoms. The van der Waals surface area contributed by atoms with Crippen LogP contribution in [0.15, 0.2) is 48.7 Å². The fourth-order valence-corrected chi connectivity index (χ4v) is 2.40. The Bertz CT molecular complexity index is 590. The maximum Gasteiger partial charge on any atom is 0.251 e. The molecule has 2 aromatic rings. The maximum absolute atomic E-state index is 12.2. The SMILES string of the molecule is Cn1cccc1[C@H](NC(=O)c1ccccc1)C(Cl)(Cl)Cl. The van der Waals surface area contributed by atoms with Gasteiger partial charge in [0.1, 0.15) is 6.04 Å². The summed E-state index contributed by atoms with van der Waals surface area (Å²) < 4.78 is 0.161. The predicted molar refractivity (Wildman–Crippen MR) is 82.4 cm³/mol. The number of aryl methyl sites for hydroxylation is 1. The third-order valence-corrected chi connectivity index (χ3v) is 3.57. The summed E-state index contributed by atoms with van der Waals surface area (Å²) in [5, 5.41) is 2.76. The number of amides is 1. The predicted octanol–water partition coefficient (Wildman–Crippen LogP) is 3.87. The monoisotopic (exact) mass is 330 g/mol. The topological polar surface area (TPSA) is 34.0 Å². The van der Waals surface area contributed by atoms with E-state index in [9.17, 15) is 4.79 Å². The van der Waals surface area contributed by atoms with Gasteiger partial charge in [0, 0.05) is 24.5 Å². The Balaban J connectivity index is 2.26. The summed E-state index contributed by atoms with van der Waals surface area (Å²) in [6.07, 6.45) is 1.83. The van der Waals surface area contributed by atoms with Crippen LogP contribution in [-0.4, -0.2) is 14.3 Å². The van der Waals surface area contributed by atoms with E-state index in [0.29, 0.717) is 11.3 Å². The molecule has 0 fully saturated rings. The first kappa shape index (κ1) is 15.2. The Morgan fingerprint density at radius 1 is 1.15 bits per heavy atom. The number of aromatic nitrogens is 1. The molecule has 1 heterocycles. The number of benzene rings is 1. The quantitative estimate of drug-likeness (QED) is 0.851. The van der Waals surface area contributed by atoms with Crippen molar-refractivity contribution in [3.63, 3.8) is 0 Å². The van der Waals surface area contributed by atoms with Crippen molar-refractivity contribution >= 4 is 40.7 Å². The van der Waals surface area contributed by atoms with Crippen molar-refractivity contribution in [2.45, 2.75) is 9.83 Å². The lowest BCUT2D eigenvalue weighted by atomic mass is 10.1. The van der Waals surface area contributed by atoms with Crippen LogP contribution in [0.3, 0.4) is 0 Å². The van der Waals surface area contributed by atoms with Crippen molar-refractivity contribution in [1.82, 2.24) is 9.88 Å². The molecule has 0 bridgehead atoms. The lowest BCUT2D eigenvalue weighted by Gasteiger charge is -2.26. The standard InChI is InChI=1S/C14H13Cl3N2O/c1-19-9-5-8-11(19)12(14(15,16)17)18-13(20)10-6-3-2-4-7-10/h2-9,12H,1H3,(H,18,20)/t12-/m0/s1. The minimum absolute atomic E-state index is 0.289. The van der Waals surface area contributed by atoms with E-state index in [4.69, 9.17) is 34.8 Å². The number of hydrogen-bond donors (Lipinski definition) is 1. The van der Waals surface area contributed by atoms with Gasteiger partial charge < -0.3 is 9.88 Å². The lowest BCUT2D eigenvalue weighted by molar-refractivity contribution is 0.0935. The second-order valence-corrected chi connectivity index (χ2v) is 6.73. The normalized spacial score (nSPS) is 13.0. The number of alkyl halides is 3. The number of hydrogen-bond acceptors (Lipinski definition) is 1. The van der Waals surface area contributed by atoms with Crippen LogP contribution < -0.4 is 5.32 Å². The summed E-state index contributed by atoms with van der Waals surface area (Å²) in [5.41, 5.74) is 1.23. The van der Waals surface area contributed by atoms with Crippen LogP contribution in [0.5, 0.6) is 0 Å². The van der Waals surface area contributed by atoms with Crippen LogP contribution in [0.1, 0.15) is 22.1 Å². The molecule has 0 aliphatic heterocycles. The zero-order valence-electron chi connectivity index (χ0n) is 10.7. The van der Waals surface area contributed by atoms with Crippen molar-refractivity contribution in [1.29, 1.82) is 0 Å². The van der Waals surface area contributed by atoms with E-state index < -0.39 is 9.83 Å². The van der Waals surface area contributed by atoms with E-state index in [2.05, 4.69) is 5.32 Å². The molecule has 0 aliphatic carbocycles. The van der Waals surface area contributed by atoms with Crippen molar-refractivity contribution in [3.8, 4) is 0 Å². The average molecular weight is 332 g/mol. The Morgan fingerprint density at radius 3 is 2.30 bits per heavy atom. The minimum Gasteiger partial charge on any atom is -0.353 e. The molecule has 0 saturated heterocycles. The molecule has 1 N–H and O–H groups in total. The largest absolute Gasteiger partial charge is 0.353 e. The van der Waals surface area contributed by atoms with E-state index in [-0.39, 0.29) is 5.91 Å². The zero-order valence-corrected chi connectivity index (χ0v) is 13.0. The van der Waals surface area contributed by atoms with Crippen LogP contribution in [0.25, 0.3) is 0 Å². The summed E-state index contributed by atoms with van der Waals surface area (Å²) in [4.78, 5) is 12.2. The first-order valence-corrected chi connectivity index (χ1v) is 7.07. The molecule has 0 unspecified atom stereocenters. The first-order valence-electron chi connectivity index (χ1n) is 5.93. The highest BCUT2D eigenvalue weighted by Gasteiger charge is 2.36. The van der Waals surface area contributed by atoms with Gasteiger partial charge in [-0.2, -0.15) is 0 Å². The van der Waals surface area contributed by atoms with Crippen molar-refractivity contribution < 1.29 is 4.79 Å². The Hall–Kier alpha value is -1.16. The minimum atomic E-state index is -1.64. The second kappa shape index (κ2) is 6.08. The highest BCUT2D eigenvalue weighted by atomic mass is 35.6. The van der Waals surface area contributed by atoms with Crippen molar-refractivity contribution in [3.05, 3.63) is 59.9 Å².